The quantitative estimate of drug-likeness (QED) is 0.859. The zero-order chi connectivity index (χ0) is 13.4. The molecule has 1 aliphatic carbocycles. The SMILES string of the molecule is CNS(=O)(=O)c1ccc(NCC2CC2(C)C)cc1. The smallest absolute Gasteiger partial charge is 0.240 e. The summed E-state index contributed by atoms with van der Waals surface area (Å²) in [6.45, 7) is 5.48. The van der Waals surface area contributed by atoms with Gasteiger partial charge in [-0.25, -0.2) is 13.1 Å². The zero-order valence-corrected chi connectivity index (χ0v) is 11.8. The van der Waals surface area contributed by atoms with Crippen LogP contribution >= 0.6 is 0 Å². The van der Waals surface area contributed by atoms with Crippen LogP contribution in [0, 0.1) is 11.3 Å². The fourth-order valence-corrected chi connectivity index (χ4v) is 2.77. The summed E-state index contributed by atoms with van der Waals surface area (Å²) < 4.78 is 25.4. The molecule has 2 rings (SSSR count). The summed E-state index contributed by atoms with van der Waals surface area (Å²) in [4.78, 5) is 0.294. The molecule has 2 N–H and O–H groups in total. The van der Waals surface area contributed by atoms with Crippen molar-refractivity contribution >= 4 is 15.7 Å². The normalized spacial score (nSPS) is 21.6. The van der Waals surface area contributed by atoms with Crippen LogP contribution in [0.4, 0.5) is 5.69 Å². The summed E-state index contributed by atoms with van der Waals surface area (Å²) in [7, 11) is -1.92. The molecule has 0 radical (unpaired) electrons. The van der Waals surface area contributed by atoms with E-state index in [-0.39, 0.29) is 0 Å². The lowest BCUT2D eigenvalue weighted by Gasteiger charge is -2.08. The largest absolute Gasteiger partial charge is 0.385 e. The molecule has 100 valence electrons. The van der Waals surface area contributed by atoms with Crippen LogP contribution in [-0.4, -0.2) is 22.0 Å². The van der Waals surface area contributed by atoms with Crippen molar-refractivity contribution in [1.82, 2.24) is 4.72 Å². The third kappa shape index (κ3) is 2.84. The van der Waals surface area contributed by atoms with Gasteiger partial charge in [0.1, 0.15) is 0 Å². The van der Waals surface area contributed by atoms with Crippen molar-refractivity contribution < 1.29 is 8.42 Å². The first-order valence-corrected chi connectivity index (χ1v) is 7.61. The minimum atomic E-state index is -3.33. The number of sulfonamides is 1. The van der Waals surface area contributed by atoms with E-state index < -0.39 is 10.0 Å². The minimum absolute atomic E-state index is 0.294. The molecule has 0 amide bonds. The molecule has 4 nitrogen and oxygen atoms in total. The van der Waals surface area contributed by atoms with Gasteiger partial charge in [-0.15, -0.1) is 0 Å². The van der Waals surface area contributed by atoms with E-state index in [1.54, 1.807) is 24.3 Å². The van der Waals surface area contributed by atoms with E-state index in [1.807, 2.05) is 0 Å². The molecule has 0 spiro atoms. The second kappa shape index (κ2) is 4.55. The fourth-order valence-electron chi connectivity index (χ4n) is 2.04. The summed E-state index contributed by atoms with van der Waals surface area (Å²) in [5, 5.41) is 3.34. The Morgan fingerprint density at radius 1 is 1.28 bits per heavy atom. The standard InChI is InChI=1S/C13H20N2O2S/c1-13(2)8-10(13)9-15-11-4-6-12(7-5-11)18(16,17)14-3/h4-7,10,14-15H,8-9H2,1-3H3. The Morgan fingerprint density at radius 3 is 2.28 bits per heavy atom. The highest BCUT2D eigenvalue weighted by molar-refractivity contribution is 7.89. The van der Waals surface area contributed by atoms with Crippen molar-refractivity contribution in [3.05, 3.63) is 24.3 Å². The van der Waals surface area contributed by atoms with Crippen LogP contribution < -0.4 is 10.0 Å². The number of benzene rings is 1. The van der Waals surface area contributed by atoms with Gasteiger partial charge in [0.15, 0.2) is 0 Å². The number of hydrogen-bond acceptors (Lipinski definition) is 3. The van der Waals surface area contributed by atoms with Gasteiger partial charge in [0.2, 0.25) is 10.0 Å². The molecular formula is C13H20N2O2S. The number of hydrogen-bond donors (Lipinski definition) is 2. The Balaban J connectivity index is 1.96. The first-order chi connectivity index (χ1) is 8.35. The summed E-state index contributed by atoms with van der Waals surface area (Å²) in [5.74, 6) is 0.721. The molecule has 0 bridgehead atoms. The molecule has 1 fully saturated rings. The molecule has 1 aromatic rings. The van der Waals surface area contributed by atoms with Gasteiger partial charge < -0.3 is 5.32 Å². The zero-order valence-electron chi connectivity index (χ0n) is 11.0. The van der Waals surface area contributed by atoms with Crippen molar-refractivity contribution in [3.8, 4) is 0 Å². The first-order valence-electron chi connectivity index (χ1n) is 6.13. The van der Waals surface area contributed by atoms with E-state index in [1.165, 1.54) is 13.5 Å². The second-order valence-corrected chi connectivity index (χ2v) is 7.39. The van der Waals surface area contributed by atoms with Gasteiger partial charge in [0.05, 0.1) is 4.90 Å². The van der Waals surface area contributed by atoms with E-state index in [4.69, 9.17) is 0 Å². The summed E-state index contributed by atoms with van der Waals surface area (Å²) >= 11 is 0. The van der Waals surface area contributed by atoms with Crippen LogP contribution in [0.25, 0.3) is 0 Å². The molecule has 1 aliphatic rings. The van der Waals surface area contributed by atoms with Crippen molar-refractivity contribution in [2.75, 3.05) is 18.9 Å². The maximum atomic E-state index is 11.5. The van der Waals surface area contributed by atoms with E-state index in [0.717, 1.165) is 18.2 Å². The highest BCUT2D eigenvalue weighted by Crippen LogP contribution is 2.51. The monoisotopic (exact) mass is 268 g/mol. The van der Waals surface area contributed by atoms with Gasteiger partial charge in [0.25, 0.3) is 0 Å². The highest BCUT2D eigenvalue weighted by Gasteiger charge is 2.44. The maximum absolute atomic E-state index is 11.5. The lowest BCUT2D eigenvalue weighted by molar-refractivity contribution is 0.573. The second-order valence-electron chi connectivity index (χ2n) is 5.50. The Bertz CT molecular complexity index is 520. The summed E-state index contributed by atoms with van der Waals surface area (Å²) in [5.41, 5.74) is 1.43. The average molecular weight is 268 g/mol. The maximum Gasteiger partial charge on any atom is 0.240 e. The van der Waals surface area contributed by atoms with Gasteiger partial charge in [-0.1, -0.05) is 13.8 Å². The summed E-state index contributed by atoms with van der Waals surface area (Å²) in [6, 6.07) is 6.84. The number of anilines is 1. The van der Waals surface area contributed by atoms with Gasteiger partial charge in [-0.2, -0.15) is 0 Å². The van der Waals surface area contributed by atoms with Crippen LogP contribution in [0.15, 0.2) is 29.2 Å². The Morgan fingerprint density at radius 2 is 1.83 bits per heavy atom. The van der Waals surface area contributed by atoms with Crippen LogP contribution in [0.5, 0.6) is 0 Å². The molecule has 0 saturated heterocycles. The van der Waals surface area contributed by atoms with E-state index >= 15 is 0 Å². The molecule has 0 heterocycles. The molecule has 1 saturated carbocycles. The van der Waals surface area contributed by atoms with Crippen molar-refractivity contribution in [2.24, 2.45) is 11.3 Å². The minimum Gasteiger partial charge on any atom is -0.385 e. The lowest BCUT2D eigenvalue weighted by atomic mass is 10.1. The highest BCUT2D eigenvalue weighted by atomic mass is 32.2. The van der Waals surface area contributed by atoms with E-state index in [0.29, 0.717) is 10.3 Å². The predicted molar refractivity (Wildman–Crippen MR) is 73.1 cm³/mol. The van der Waals surface area contributed by atoms with Gasteiger partial charge in [-0.05, 0) is 49.1 Å². The summed E-state index contributed by atoms with van der Waals surface area (Å²) in [6.07, 6.45) is 1.26. The molecule has 1 atom stereocenters. The van der Waals surface area contributed by atoms with Gasteiger partial charge in [0, 0.05) is 12.2 Å². The predicted octanol–water partition coefficient (Wildman–Crippen LogP) is 2.05. The lowest BCUT2D eigenvalue weighted by Crippen LogP contribution is -2.18. The molecule has 18 heavy (non-hydrogen) atoms. The third-order valence-electron chi connectivity index (χ3n) is 3.70. The average Bonchev–Trinajstić information content (AvgIpc) is 2.95. The number of nitrogens with one attached hydrogen (secondary N) is 2. The van der Waals surface area contributed by atoms with Crippen LogP contribution in [0.3, 0.4) is 0 Å². The van der Waals surface area contributed by atoms with Crippen molar-refractivity contribution in [2.45, 2.75) is 25.2 Å². The van der Waals surface area contributed by atoms with Crippen LogP contribution in [-0.2, 0) is 10.0 Å². The Labute approximate surface area is 109 Å². The third-order valence-corrected chi connectivity index (χ3v) is 5.13. The van der Waals surface area contributed by atoms with E-state index in [9.17, 15) is 8.42 Å². The molecule has 1 aromatic carbocycles. The van der Waals surface area contributed by atoms with Gasteiger partial charge >= 0.3 is 0 Å². The molecule has 0 aliphatic heterocycles. The molecular weight excluding hydrogens is 248 g/mol. The van der Waals surface area contributed by atoms with Crippen molar-refractivity contribution in [1.29, 1.82) is 0 Å². The topological polar surface area (TPSA) is 58.2 Å². The van der Waals surface area contributed by atoms with Crippen LogP contribution in [0.2, 0.25) is 0 Å². The molecule has 0 aromatic heterocycles. The number of rotatable bonds is 5. The molecule has 1 unspecified atom stereocenters. The Kier molecular flexibility index (Phi) is 3.38. The van der Waals surface area contributed by atoms with Gasteiger partial charge in [-0.3, -0.25) is 0 Å². The van der Waals surface area contributed by atoms with E-state index in [2.05, 4.69) is 23.9 Å². The van der Waals surface area contributed by atoms with Crippen LogP contribution in [0.1, 0.15) is 20.3 Å². The fraction of sp³-hybridized carbons (Fsp3) is 0.538. The molecule has 5 heteroatoms. The van der Waals surface area contributed by atoms with Crippen molar-refractivity contribution in [3.63, 3.8) is 0 Å². The first kappa shape index (κ1) is 13.4. The Hall–Kier alpha value is -1.07.